The van der Waals surface area contributed by atoms with Gasteiger partial charge in [-0.25, -0.2) is 9.97 Å². The molecule has 112 valence electrons. The number of rotatable bonds is 3. The summed E-state index contributed by atoms with van der Waals surface area (Å²) in [7, 11) is 0. The summed E-state index contributed by atoms with van der Waals surface area (Å²) >= 11 is 1.25. The Morgan fingerprint density at radius 3 is 2.43 bits per heavy atom. The Morgan fingerprint density at radius 1 is 1.29 bits per heavy atom. The molecule has 2 aromatic rings. The second kappa shape index (κ2) is 5.32. The standard InChI is InChI=1S/C12H11F3N4OS/c1-5-6(2)21-11(17-5)19-10-7(9(16)20)3-4-8(18-10)12(13,14)15/h3-4H,1-2H3,(H2,16,20)(H,17,18,19). The number of aryl methyl sites for hydroxylation is 2. The first-order valence-electron chi connectivity index (χ1n) is 5.77. The topological polar surface area (TPSA) is 80.9 Å². The molecule has 3 N–H and O–H groups in total. The molecule has 0 aliphatic heterocycles. The van der Waals surface area contributed by atoms with Crippen LogP contribution in [0.3, 0.4) is 0 Å². The van der Waals surface area contributed by atoms with E-state index in [0.717, 1.165) is 16.6 Å². The zero-order valence-corrected chi connectivity index (χ0v) is 11.9. The van der Waals surface area contributed by atoms with Crippen molar-refractivity contribution in [3.05, 3.63) is 34.0 Å². The fourth-order valence-electron chi connectivity index (χ4n) is 1.54. The van der Waals surface area contributed by atoms with E-state index in [-0.39, 0.29) is 11.4 Å². The van der Waals surface area contributed by atoms with Gasteiger partial charge in [0.2, 0.25) is 0 Å². The van der Waals surface area contributed by atoms with Crippen LogP contribution in [0.5, 0.6) is 0 Å². The number of carbonyl (C=O) groups is 1. The highest BCUT2D eigenvalue weighted by Gasteiger charge is 2.33. The van der Waals surface area contributed by atoms with E-state index in [1.165, 1.54) is 11.3 Å². The van der Waals surface area contributed by atoms with Crippen LogP contribution in [-0.4, -0.2) is 15.9 Å². The molecule has 0 spiro atoms. The molecule has 0 radical (unpaired) electrons. The van der Waals surface area contributed by atoms with Gasteiger partial charge in [-0.1, -0.05) is 0 Å². The van der Waals surface area contributed by atoms with E-state index in [4.69, 9.17) is 5.73 Å². The van der Waals surface area contributed by atoms with Crippen LogP contribution in [0.25, 0.3) is 0 Å². The lowest BCUT2D eigenvalue weighted by molar-refractivity contribution is -0.141. The van der Waals surface area contributed by atoms with Gasteiger partial charge in [0.15, 0.2) is 5.13 Å². The molecule has 0 unspecified atom stereocenters. The predicted octanol–water partition coefficient (Wildman–Crippen LogP) is 3.02. The Hall–Kier alpha value is -2.16. The highest BCUT2D eigenvalue weighted by molar-refractivity contribution is 7.15. The number of anilines is 2. The smallest absolute Gasteiger partial charge is 0.365 e. The van der Waals surface area contributed by atoms with Gasteiger partial charge in [-0.3, -0.25) is 4.79 Å². The summed E-state index contributed by atoms with van der Waals surface area (Å²) in [6.45, 7) is 3.60. The average molecular weight is 316 g/mol. The molecular weight excluding hydrogens is 305 g/mol. The number of nitrogens with zero attached hydrogens (tertiary/aromatic N) is 2. The number of carbonyl (C=O) groups excluding carboxylic acids is 1. The molecule has 1 amide bonds. The van der Waals surface area contributed by atoms with E-state index >= 15 is 0 Å². The van der Waals surface area contributed by atoms with Crippen molar-refractivity contribution in [2.24, 2.45) is 5.73 Å². The maximum absolute atomic E-state index is 12.7. The van der Waals surface area contributed by atoms with E-state index in [1.54, 1.807) is 6.92 Å². The summed E-state index contributed by atoms with van der Waals surface area (Å²) in [4.78, 5) is 19.8. The fraction of sp³-hybridized carbons (Fsp3) is 0.250. The highest BCUT2D eigenvalue weighted by atomic mass is 32.1. The van der Waals surface area contributed by atoms with E-state index in [9.17, 15) is 18.0 Å². The first-order chi connectivity index (χ1) is 9.68. The number of thiazole rings is 1. The number of aromatic nitrogens is 2. The van der Waals surface area contributed by atoms with Gasteiger partial charge in [0, 0.05) is 4.88 Å². The molecule has 0 fully saturated rings. The van der Waals surface area contributed by atoms with Crippen LogP contribution < -0.4 is 11.1 Å². The first kappa shape index (κ1) is 15.2. The lowest BCUT2D eigenvalue weighted by Crippen LogP contribution is -2.17. The largest absolute Gasteiger partial charge is 0.433 e. The quantitative estimate of drug-likeness (QED) is 0.912. The number of halogens is 3. The van der Waals surface area contributed by atoms with Crippen LogP contribution in [0.15, 0.2) is 12.1 Å². The minimum Gasteiger partial charge on any atom is -0.365 e. The first-order valence-corrected chi connectivity index (χ1v) is 6.59. The van der Waals surface area contributed by atoms with Gasteiger partial charge in [-0.05, 0) is 26.0 Å². The molecule has 21 heavy (non-hydrogen) atoms. The van der Waals surface area contributed by atoms with E-state index in [1.807, 2.05) is 6.92 Å². The van der Waals surface area contributed by atoms with Gasteiger partial charge >= 0.3 is 6.18 Å². The lowest BCUT2D eigenvalue weighted by Gasteiger charge is -2.11. The Balaban J connectivity index is 2.46. The molecule has 2 rings (SSSR count). The molecule has 0 saturated carbocycles. The Labute approximate surface area is 122 Å². The van der Waals surface area contributed by atoms with Gasteiger partial charge in [0.25, 0.3) is 5.91 Å². The molecule has 9 heteroatoms. The summed E-state index contributed by atoms with van der Waals surface area (Å²) in [5.41, 5.74) is 4.65. The molecular formula is C12H11F3N4OS. The maximum atomic E-state index is 12.7. The van der Waals surface area contributed by atoms with Crippen molar-refractivity contribution >= 4 is 28.2 Å². The number of nitrogens with one attached hydrogen (secondary N) is 1. The monoisotopic (exact) mass is 316 g/mol. The van der Waals surface area contributed by atoms with E-state index in [0.29, 0.717) is 11.2 Å². The molecule has 0 bridgehead atoms. The normalized spacial score (nSPS) is 11.5. The van der Waals surface area contributed by atoms with E-state index < -0.39 is 17.8 Å². The molecule has 5 nitrogen and oxygen atoms in total. The molecule has 0 saturated heterocycles. The van der Waals surface area contributed by atoms with Crippen LogP contribution in [0.1, 0.15) is 26.6 Å². The molecule has 0 aromatic carbocycles. The third-order valence-electron chi connectivity index (χ3n) is 2.71. The number of alkyl halides is 3. The number of hydrogen-bond donors (Lipinski definition) is 2. The second-order valence-electron chi connectivity index (χ2n) is 4.24. The van der Waals surface area contributed by atoms with Gasteiger partial charge in [-0.2, -0.15) is 13.2 Å². The van der Waals surface area contributed by atoms with Gasteiger partial charge < -0.3 is 11.1 Å². The van der Waals surface area contributed by atoms with Crippen LogP contribution in [-0.2, 0) is 6.18 Å². The van der Waals surface area contributed by atoms with Crippen molar-refractivity contribution in [2.75, 3.05) is 5.32 Å². The highest BCUT2D eigenvalue weighted by Crippen LogP contribution is 2.31. The van der Waals surface area contributed by atoms with Crippen molar-refractivity contribution in [3.8, 4) is 0 Å². The van der Waals surface area contributed by atoms with Crippen molar-refractivity contribution in [2.45, 2.75) is 20.0 Å². The Morgan fingerprint density at radius 2 is 1.95 bits per heavy atom. The SMILES string of the molecule is Cc1nc(Nc2nc(C(F)(F)F)ccc2C(N)=O)sc1C. The minimum absolute atomic E-state index is 0.131. The number of amides is 1. The summed E-state index contributed by atoms with van der Waals surface area (Å²) in [6.07, 6.45) is -4.61. The Bertz CT molecular complexity index is 677. The Kier molecular flexibility index (Phi) is 3.86. The third-order valence-corrected chi connectivity index (χ3v) is 3.69. The molecule has 0 atom stereocenters. The number of primary amides is 1. The molecule has 2 heterocycles. The fourth-order valence-corrected chi connectivity index (χ4v) is 2.35. The summed E-state index contributed by atoms with van der Waals surface area (Å²) in [5, 5.41) is 2.97. The van der Waals surface area contributed by atoms with Crippen molar-refractivity contribution in [1.82, 2.24) is 9.97 Å². The van der Waals surface area contributed by atoms with Crippen molar-refractivity contribution < 1.29 is 18.0 Å². The van der Waals surface area contributed by atoms with Crippen molar-refractivity contribution in [1.29, 1.82) is 0 Å². The van der Waals surface area contributed by atoms with Gasteiger partial charge in [0.05, 0.1) is 11.3 Å². The number of pyridine rings is 1. The minimum atomic E-state index is -4.61. The number of nitrogens with two attached hydrogens (primary N) is 1. The van der Waals surface area contributed by atoms with Gasteiger partial charge in [0.1, 0.15) is 11.5 Å². The molecule has 0 aliphatic rings. The second-order valence-corrected chi connectivity index (χ2v) is 5.44. The van der Waals surface area contributed by atoms with Gasteiger partial charge in [-0.15, -0.1) is 11.3 Å². The average Bonchev–Trinajstić information content (AvgIpc) is 2.66. The van der Waals surface area contributed by atoms with Crippen LogP contribution in [0.4, 0.5) is 24.1 Å². The lowest BCUT2D eigenvalue weighted by atomic mass is 10.2. The third kappa shape index (κ3) is 3.30. The summed E-state index contributed by atoms with van der Waals surface area (Å²) in [5.74, 6) is -1.13. The number of hydrogen-bond acceptors (Lipinski definition) is 5. The van der Waals surface area contributed by atoms with Crippen molar-refractivity contribution in [3.63, 3.8) is 0 Å². The zero-order valence-electron chi connectivity index (χ0n) is 11.1. The van der Waals surface area contributed by atoms with Crippen LogP contribution in [0, 0.1) is 13.8 Å². The zero-order chi connectivity index (χ0) is 15.8. The summed E-state index contributed by atoms with van der Waals surface area (Å²) in [6, 6.07) is 1.71. The molecule has 2 aromatic heterocycles. The van der Waals surface area contributed by atoms with Crippen LogP contribution in [0.2, 0.25) is 0 Å². The summed E-state index contributed by atoms with van der Waals surface area (Å²) < 4.78 is 38.1. The van der Waals surface area contributed by atoms with Crippen LogP contribution >= 0.6 is 11.3 Å². The van der Waals surface area contributed by atoms with E-state index in [2.05, 4.69) is 15.3 Å². The maximum Gasteiger partial charge on any atom is 0.433 e. The molecule has 0 aliphatic carbocycles. The predicted molar refractivity (Wildman–Crippen MR) is 72.6 cm³/mol.